The van der Waals surface area contributed by atoms with Gasteiger partial charge in [-0.2, -0.15) is 0 Å². The summed E-state index contributed by atoms with van der Waals surface area (Å²) in [6.45, 7) is 4.52. The molecule has 0 saturated heterocycles. The van der Waals surface area contributed by atoms with Gasteiger partial charge in [-0.25, -0.2) is 18.2 Å². The highest BCUT2D eigenvalue weighted by molar-refractivity contribution is 5.95. The first kappa shape index (κ1) is 23.6. The fourth-order valence-corrected chi connectivity index (χ4v) is 3.58. The maximum atomic E-state index is 14.0. The Morgan fingerprint density at radius 3 is 2.62 bits per heavy atom. The lowest BCUT2D eigenvalue weighted by molar-refractivity contribution is 0.0937. The van der Waals surface area contributed by atoms with Crippen LogP contribution in [0.2, 0.25) is 0 Å². The Bertz CT molecular complexity index is 1110. The molecule has 0 fully saturated rings. The number of ether oxygens (including phenoxy) is 1. The highest BCUT2D eigenvalue weighted by Crippen LogP contribution is 2.26. The molecule has 2 aromatic heterocycles. The van der Waals surface area contributed by atoms with Gasteiger partial charge in [0.05, 0.1) is 11.3 Å². The lowest BCUT2D eigenvalue weighted by Crippen LogP contribution is -2.47. The first-order valence-electron chi connectivity index (χ1n) is 10.4. The average Bonchev–Trinajstić information content (AvgIpc) is 3.07. The van der Waals surface area contributed by atoms with E-state index < -0.39 is 36.4 Å². The van der Waals surface area contributed by atoms with Gasteiger partial charge in [0.15, 0.2) is 11.4 Å². The number of hydrogen-bond acceptors (Lipinski definition) is 4. The molecular formula is C23H27F3N4O2. The van der Waals surface area contributed by atoms with Crippen molar-refractivity contribution in [3.8, 4) is 5.75 Å². The molecule has 0 saturated carbocycles. The van der Waals surface area contributed by atoms with E-state index in [0.717, 1.165) is 25.0 Å². The topological polar surface area (TPSA) is 81.6 Å². The van der Waals surface area contributed by atoms with Crippen LogP contribution >= 0.6 is 0 Å². The number of nitrogens with two attached hydrogens (primary N) is 1. The van der Waals surface area contributed by atoms with Gasteiger partial charge in [0, 0.05) is 23.8 Å². The number of halogens is 3. The van der Waals surface area contributed by atoms with Crippen molar-refractivity contribution in [1.82, 2.24) is 14.7 Å². The monoisotopic (exact) mass is 448 g/mol. The van der Waals surface area contributed by atoms with Gasteiger partial charge in [-0.15, -0.1) is 0 Å². The van der Waals surface area contributed by atoms with Crippen molar-refractivity contribution >= 4 is 11.6 Å². The van der Waals surface area contributed by atoms with Crippen molar-refractivity contribution in [2.24, 2.45) is 5.73 Å². The Hall–Kier alpha value is -3.07. The summed E-state index contributed by atoms with van der Waals surface area (Å²) in [5, 5.41) is 2.81. The highest BCUT2D eigenvalue weighted by atomic mass is 19.1. The van der Waals surface area contributed by atoms with Crippen LogP contribution in [0.25, 0.3) is 5.65 Å². The van der Waals surface area contributed by atoms with Crippen LogP contribution in [-0.2, 0) is 13.3 Å². The lowest BCUT2D eigenvalue weighted by Gasteiger charge is -2.24. The molecular weight excluding hydrogens is 421 g/mol. The zero-order chi connectivity index (χ0) is 23.5. The maximum absolute atomic E-state index is 14.0. The first-order valence-corrected chi connectivity index (χ1v) is 10.4. The predicted molar refractivity (Wildman–Crippen MR) is 115 cm³/mol. The van der Waals surface area contributed by atoms with Crippen LogP contribution in [0.15, 0.2) is 30.5 Å². The van der Waals surface area contributed by atoms with E-state index in [0.29, 0.717) is 5.69 Å². The Morgan fingerprint density at radius 1 is 1.31 bits per heavy atom. The molecule has 3 N–H and O–H groups in total. The highest BCUT2D eigenvalue weighted by Gasteiger charge is 2.23. The zero-order valence-corrected chi connectivity index (χ0v) is 18.3. The quantitative estimate of drug-likeness (QED) is 0.514. The average molecular weight is 448 g/mol. The fraction of sp³-hybridized carbons (Fsp3) is 0.391. The van der Waals surface area contributed by atoms with E-state index in [1.54, 1.807) is 6.92 Å². The normalized spacial score (nSPS) is 13.2. The molecule has 0 spiro atoms. The number of imidazole rings is 1. The number of aromatic nitrogens is 2. The van der Waals surface area contributed by atoms with E-state index in [4.69, 9.17) is 10.5 Å². The van der Waals surface area contributed by atoms with E-state index in [1.807, 2.05) is 13.8 Å². The summed E-state index contributed by atoms with van der Waals surface area (Å²) >= 11 is 0. The molecule has 3 aromatic rings. The van der Waals surface area contributed by atoms with E-state index in [2.05, 4.69) is 10.3 Å². The van der Waals surface area contributed by atoms with E-state index in [-0.39, 0.29) is 34.8 Å². The molecule has 6 nitrogen and oxygen atoms in total. The number of amides is 1. The van der Waals surface area contributed by atoms with Gasteiger partial charge in [0.1, 0.15) is 30.6 Å². The molecule has 0 aliphatic carbocycles. The molecule has 1 aromatic carbocycles. The minimum absolute atomic E-state index is 0.111. The van der Waals surface area contributed by atoms with Crippen molar-refractivity contribution in [3.63, 3.8) is 0 Å². The summed E-state index contributed by atoms with van der Waals surface area (Å²) in [5.74, 6) is -1.80. The number of benzene rings is 1. The van der Waals surface area contributed by atoms with Gasteiger partial charge in [-0.05, 0) is 38.5 Å². The van der Waals surface area contributed by atoms with E-state index >= 15 is 0 Å². The minimum Gasteiger partial charge on any atom is -0.485 e. The number of hydrogen-bond donors (Lipinski definition) is 2. The summed E-state index contributed by atoms with van der Waals surface area (Å²) in [5.41, 5.74) is 6.45. The van der Waals surface area contributed by atoms with Crippen molar-refractivity contribution in [1.29, 1.82) is 0 Å². The fourth-order valence-electron chi connectivity index (χ4n) is 3.58. The summed E-state index contributed by atoms with van der Waals surface area (Å²) in [7, 11) is 0. The molecule has 3 rings (SSSR count). The minimum atomic E-state index is -0.823. The van der Waals surface area contributed by atoms with E-state index in [9.17, 15) is 18.0 Å². The summed E-state index contributed by atoms with van der Waals surface area (Å²) in [6, 6.07) is 4.91. The second kappa shape index (κ2) is 9.60. The number of carbonyl (C=O) groups is 1. The standard InChI is InChI=1S/C23H27F3N4O2/c1-4-8-23(3,27)13-28-22(31)20-14(2)29-21-19(9-15(10-24)11-30(20)21)32-12-16-17(25)6-5-7-18(16)26/h5-7,9,11H,4,8,10,12-13,27H2,1-3H3,(H,28,31). The smallest absolute Gasteiger partial charge is 0.270 e. The number of nitrogens with zero attached hydrogens (tertiary/aromatic N) is 2. The summed E-state index contributed by atoms with van der Waals surface area (Å²) < 4.78 is 48.5. The lowest BCUT2D eigenvalue weighted by atomic mass is 9.98. The Morgan fingerprint density at radius 2 is 2.00 bits per heavy atom. The molecule has 1 unspecified atom stereocenters. The van der Waals surface area contributed by atoms with Crippen LogP contribution in [0, 0.1) is 18.6 Å². The second-order valence-electron chi connectivity index (χ2n) is 8.16. The third kappa shape index (κ3) is 5.04. The molecule has 172 valence electrons. The van der Waals surface area contributed by atoms with Gasteiger partial charge < -0.3 is 15.8 Å². The SMILES string of the molecule is CCCC(C)(N)CNC(=O)c1c(C)nc2c(OCc3c(F)cccc3F)cc(CF)cn12. The van der Waals surface area contributed by atoms with Crippen LogP contribution in [0.1, 0.15) is 54.0 Å². The maximum Gasteiger partial charge on any atom is 0.270 e. The molecule has 0 bridgehead atoms. The van der Waals surface area contributed by atoms with Crippen LogP contribution in [-0.4, -0.2) is 27.4 Å². The Labute approximate surface area is 184 Å². The largest absolute Gasteiger partial charge is 0.485 e. The molecule has 0 aliphatic heterocycles. The zero-order valence-electron chi connectivity index (χ0n) is 18.3. The van der Waals surface area contributed by atoms with Crippen LogP contribution in [0.5, 0.6) is 5.75 Å². The first-order chi connectivity index (χ1) is 15.2. The van der Waals surface area contributed by atoms with Crippen molar-refractivity contribution in [3.05, 3.63) is 64.6 Å². The van der Waals surface area contributed by atoms with Crippen LogP contribution < -0.4 is 15.8 Å². The summed E-state index contributed by atoms with van der Waals surface area (Å²) in [4.78, 5) is 17.3. The van der Waals surface area contributed by atoms with Gasteiger partial charge in [-0.1, -0.05) is 19.4 Å². The molecule has 1 amide bonds. The molecule has 9 heteroatoms. The van der Waals surface area contributed by atoms with Crippen LogP contribution in [0.3, 0.4) is 0 Å². The second-order valence-corrected chi connectivity index (χ2v) is 8.16. The third-order valence-corrected chi connectivity index (χ3v) is 5.19. The molecule has 32 heavy (non-hydrogen) atoms. The van der Waals surface area contributed by atoms with Crippen molar-refractivity contribution < 1.29 is 22.7 Å². The van der Waals surface area contributed by atoms with Gasteiger partial charge in [-0.3, -0.25) is 9.20 Å². The van der Waals surface area contributed by atoms with Gasteiger partial charge in [0.25, 0.3) is 5.91 Å². The number of pyridine rings is 1. The van der Waals surface area contributed by atoms with Gasteiger partial charge in [0.2, 0.25) is 0 Å². The van der Waals surface area contributed by atoms with E-state index in [1.165, 1.54) is 22.7 Å². The molecule has 2 heterocycles. The van der Waals surface area contributed by atoms with Crippen LogP contribution in [0.4, 0.5) is 13.2 Å². The number of aryl methyl sites for hydroxylation is 1. The Balaban J connectivity index is 1.94. The Kier molecular flexibility index (Phi) is 7.08. The molecule has 1 atom stereocenters. The number of nitrogens with one attached hydrogen (secondary N) is 1. The predicted octanol–water partition coefficient (Wildman–Crippen LogP) is 4.22. The molecule has 0 aliphatic rings. The molecule has 0 radical (unpaired) electrons. The number of fused-ring (bicyclic) bond motifs is 1. The van der Waals surface area contributed by atoms with Crippen molar-refractivity contribution in [2.45, 2.75) is 52.4 Å². The number of rotatable bonds is 9. The number of alkyl halides is 1. The summed E-state index contributed by atoms with van der Waals surface area (Å²) in [6.07, 6.45) is 3.06. The van der Waals surface area contributed by atoms with Crippen molar-refractivity contribution in [2.75, 3.05) is 6.54 Å². The third-order valence-electron chi connectivity index (χ3n) is 5.19. The van der Waals surface area contributed by atoms with Gasteiger partial charge >= 0.3 is 0 Å². The number of carbonyl (C=O) groups excluding carboxylic acids is 1.